The Morgan fingerprint density at radius 2 is 2.06 bits per heavy atom. The molecular weight excluding hydrogens is 226 g/mol. The van der Waals surface area contributed by atoms with Crippen LogP contribution >= 0.6 is 0 Å². The Balaban J connectivity index is 2.42. The van der Waals surface area contributed by atoms with Gasteiger partial charge in [0.25, 0.3) is 0 Å². The molecule has 1 aliphatic rings. The van der Waals surface area contributed by atoms with E-state index in [9.17, 15) is 4.79 Å². The first kappa shape index (κ1) is 15.4. The zero-order valence-electron chi connectivity index (χ0n) is 12.5. The van der Waals surface area contributed by atoms with Crippen molar-refractivity contribution in [1.82, 2.24) is 15.5 Å². The van der Waals surface area contributed by atoms with Gasteiger partial charge in [-0.05, 0) is 32.2 Å². The van der Waals surface area contributed by atoms with Gasteiger partial charge in [-0.2, -0.15) is 0 Å². The number of nitrogens with one attached hydrogen (secondary N) is 2. The molecule has 3 atom stereocenters. The van der Waals surface area contributed by atoms with E-state index in [1.807, 2.05) is 14.0 Å². The molecular formula is C14H29N3O. The van der Waals surface area contributed by atoms with Crippen molar-refractivity contribution in [3.05, 3.63) is 0 Å². The Bertz CT molecular complexity index is 268. The van der Waals surface area contributed by atoms with Gasteiger partial charge in [0.2, 0.25) is 5.91 Å². The van der Waals surface area contributed by atoms with Gasteiger partial charge in [0, 0.05) is 25.7 Å². The molecule has 4 heteroatoms. The minimum atomic E-state index is -0.0102. The monoisotopic (exact) mass is 255 g/mol. The summed E-state index contributed by atoms with van der Waals surface area (Å²) in [6, 6.07) is 0.580. The van der Waals surface area contributed by atoms with E-state index in [1.54, 1.807) is 0 Å². The van der Waals surface area contributed by atoms with Crippen LogP contribution in [0.2, 0.25) is 0 Å². The van der Waals surface area contributed by atoms with Gasteiger partial charge in [-0.1, -0.05) is 20.8 Å². The van der Waals surface area contributed by atoms with Crippen LogP contribution in [0.25, 0.3) is 0 Å². The molecule has 4 nitrogen and oxygen atoms in total. The quantitative estimate of drug-likeness (QED) is 0.772. The SMILES string of the molecule is CNC1CCN(C(C)C(=O)NCC(C)C)CC1C. The lowest BCUT2D eigenvalue weighted by Crippen LogP contribution is -2.54. The number of rotatable bonds is 5. The number of amides is 1. The highest BCUT2D eigenvalue weighted by atomic mass is 16.2. The van der Waals surface area contributed by atoms with E-state index in [1.165, 1.54) is 0 Å². The summed E-state index contributed by atoms with van der Waals surface area (Å²) in [5.41, 5.74) is 0. The maximum Gasteiger partial charge on any atom is 0.237 e. The standard InChI is InChI=1S/C14H29N3O/c1-10(2)8-16-14(18)12(4)17-7-6-13(15-5)11(3)9-17/h10-13,15H,6-9H2,1-5H3,(H,16,18). The highest BCUT2D eigenvalue weighted by Crippen LogP contribution is 2.18. The van der Waals surface area contributed by atoms with Gasteiger partial charge < -0.3 is 10.6 Å². The molecule has 2 N–H and O–H groups in total. The van der Waals surface area contributed by atoms with Crippen LogP contribution in [0.5, 0.6) is 0 Å². The Hall–Kier alpha value is -0.610. The number of piperidine rings is 1. The second-order valence-electron chi connectivity index (χ2n) is 5.97. The van der Waals surface area contributed by atoms with Gasteiger partial charge in [0.15, 0.2) is 0 Å². The molecule has 1 rings (SSSR count). The van der Waals surface area contributed by atoms with E-state index in [0.29, 0.717) is 17.9 Å². The van der Waals surface area contributed by atoms with E-state index in [0.717, 1.165) is 26.1 Å². The lowest BCUT2D eigenvalue weighted by atomic mass is 9.93. The van der Waals surface area contributed by atoms with Gasteiger partial charge in [0.05, 0.1) is 6.04 Å². The maximum atomic E-state index is 12.0. The number of nitrogens with zero attached hydrogens (tertiary/aromatic N) is 1. The predicted octanol–water partition coefficient (Wildman–Crippen LogP) is 1.08. The first-order chi connectivity index (χ1) is 8.45. The van der Waals surface area contributed by atoms with E-state index < -0.39 is 0 Å². The zero-order valence-corrected chi connectivity index (χ0v) is 12.5. The topological polar surface area (TPSA) is 44.4 Å². The third kappa shape index (κ3) is 4.25. The van der Waals surface area contributed by atoms with Crippen LogP contribution in [0.15, 0.2) is 0 Å². The van der Waals surface area contributed by atoms with Crippen molar-refractivity contribution < 1.29 is 4.79 Å². The molecule has 106 valence electrons. The molecule has 1 amide bonds. The van der Waals surface area contributed by atoms with Crippen molar-refractivity contribution in [2.24, 2.45) is 11.8 Å². The van der Waals surface area contributed by atoms with Gasteiger partial charge in [-0.15, -0.1) is 0 Å². The molecule has 0 aromatic carbocycles. The molecule has 0 radical (unpaired) electrons. The smallest absolute Gasteiger partial charge is 0.237 e. The van der Waals surface area contributed by atoms with Crippen molar-refractivity contribution in [1.29, 1.82) is 0 Å². The summed E-state index contributed by atoms with van der Waals surface area (Å²) >= 11 is 0. The largest absolute Gasteiger partial charge is 0.354 e. The fraction of sp³-hybridized carbons (Fsp3) is 0.929. The molecule has 0 aromatic rings. The lowest BCUT2D eigenvalue weighted by molar-refractivity contribution is -0.126. The third-order valence-corrected chi connectivity index (χ3v) is 3.92. The normalized spacial score (nSPS) is 27.2. The predicted molar refractivity (Wildman–Crippen MR) is 75.5 cm³/mol. The molecule has 0 saturated carbocycles. The summed E-state index contributed by atoms with van der Waals surface area (Å²) in [6.07, 6.45) is 1.12. The average molecular weight is 255 g/mol. The van der Waals surface area contributed by atoms with E-state index in [-0.39, 0.29) is 11.9 Å². The summed E-state index contributed by atoms with van der Waals surface area (Å²) in [5, 5.41) is 6.38. The minimum Gasteiger partial charge on any atom is -0.354 e. The third-order valence-electron chi connectivity index (χ3n) is 3.92. The van der Waals surface area contributed by atoms with Gasteiger partial charge in [-0.25, -0.2) is 0 Å². The fourth-order valence-corrected chi connectivity index (χ4v) is 2.58. The van der Waals surface area contributed by atoms with Crippen molar-refractivity contribution in [3.8, 4) is 0 Å². The van der Waals surface area contributed by atoms with Crippen LogP contribution < -0.4 is 10.6 Å². The molecule has 1 aliphatic heterocycles. The van der Waals surface area contributed by atoms with Gasteiger partial charge in [-0.3, -0.25) is 9.69 Å². The number of carbonyl (C=O) groups is 1. The average Bonchev–Trinajstić information content (AvgIpc) is 2.34. The molecule has 1 heterocycles. The minimum absolute atomic E-state index is 0.0102. The van der Waals surface area contributed by atoms with E-state index in [4.69, 9.17) is 0 Å². The van der Waals surface area contributed by atoms with Crippen molar-refractivity contribution >= 4 is 5.91 Å². The van der Waals surface area contributed by atoms with E-state index >= 15 is 0 Å². The molecule has 1 fully saturated rings. The summed E-state index contributed by atoms with van der Waals surface area (Å²) in [5.74, 6) is 1.28. The van der Waals surface area contributed by atoms with Crippen molar-refractivity contribution in [3.63, 3.8) is 0 Å². The van der Waals surface area contributed by atoms with E-state index in [2.05, 4.69) is 36.3 Å². The fourth-order valence-electron chi connectivity index (χ4n) is 2.58. The highest BCUT2D eigenvalue weighted by molar-refractivity contribution is 5.81. The van der Waals surface area contributed by atoms with Gasteiger partial charge in [0.1, 0.15) is 0 Å². The number of hydrogen-bond acceptors (Lipinski definition) is 3. The summed E-state index contributed by atoms with van der Waals surface area (Å²) in [6.45, 7) is 11.3. The van der Waals surface area contributed by atoms with Crippen LogP contribution in [0.3, 0.4) is 0 Å². The van der Waals surface area contributed by atoms with Crippen molar-refractivity contribution in [2.45, 2.75) is 46.2 Å². The van der Waals surface area contributed by atoms with Crippen molar-refractivity contribution in [2.75, 3.05) is 26.7 Å². The molecule has 1 saturated heterocycles. The first-order valence-electron chi connectivity index (χ1n) is 7.14. The summed E-state index contributed by atoms with van der Waals surface area (Å²) in [4.78, 5) is 14.3. The Labute approximate surface area is 111 Å². The van der Waals surface area contributed by atoms with Gasteiger partial charge >= 0.3 is 0 Å². The van der Waals surface area contributed by atoms with Crippen LogP contribution in [0.4, 0.5) is 0 Å². The molecule has 0 aliphatic carbocycles. The molecule has 3 unspecified atom stereocenters. The van der Waals surface area contributed by atoms with Crippen LogP contribution in [-0.2, 0) is 4.79 Å². The summed E-state index contributed by atoms with van der Waals surface area (Å²) < 4.78 is 0. The molecule has 0 bridgehead atoms. The second-order valence-corrected chi connectivity index (χ2v) is 5.97. The lowest BCUT2D eigenvalue weighted by Gasteiger charge is -2.39. The Kier molecular flexibility index (Phi) is 6.09. The zero-order chi connectivity index (χ0) is 13.7. The summed E-state index contributed by atoms with van der Waals surface area (Å²) in [7, 11) is 2.02. The number of likely N-dealkylation sites (tertiary alicyclic amines) is 1. The Morgan fingerprint density at radius 3 is 2.56 bits per heavy atom. The molecule has 0 spiro atoms. The maximum absolute atomic E-state index is 12.0. The Morgan fingerprint density at radius 1 is 1.39 bits per heavy atom. The van der Waals surface area contributed by atoms with Crippen LogP contribution in [0, 0.1) is 11.8 Å². The molecule has 0 aromatic heterocycles. The second kappa shape index (κ2) is 7.10. The highest BCUT2D eigenvalue weighted by Gasteiger charge is 2.30. The van der Waals surface area contributed by atoms with Crippen LogP contribution in [-0.4, -0.2) is 49.6 Å². The first-order valence-corrected chi connectivity index (χ1v) is 7.14. The molecule has 18 heavy (non-hydrogen) atoms. The number of hydrogen-bond donors (Lipinski definition) is 2. The number of carbonyl (C=O) groups excluding carboxylic acids is 1. The van der Waals surface area contributed by atoms with Crippen LogP contribution in [0.1, 0.15) is 34.1 Å².